The van der Waals surface area contributed by atoms with Crippen molar-refractivity contribution in [3.8, 4) is 0 Å². The lowest BCUT2D eigenvalue weighted by Gasteiger charge is -2.11. The van der Waals surface area contributed by atoms with E-state index in [1.54, 1.807) is 36.7 Å². The minimum absolute atomic E-state index is 0.00807. The van der Waals surface area contributed by atoms with E-state index >= 15 is 0 Å². The Morgan fingerprint density at radius 3 is 1.50 bits per heavy atom. The number of rotatable bonds is 6. The number of para-hydroxylation sites is 2. The fourth-order valence-corrected chi connectivity index (χ4v) is 5.29. The van der Waals surface area contributed by atoms with Crippen LogP contribution < -0.4 is 10.6 Å². The Balaban J connectivity index is 1.37. The molecule has 0 atom stereocenters. The molecule has 0 saturated carbocycles. The van der Waals surface area contributed by atoms with Crippen molar-refractivity contribution >= 4 is 45.0 Å². The van der Waals surface area contributed by atoms with Gasteiger partial charge in [-0.25, -0.2) is 0 Å². The second-order valence-corrected chi connectivity index (χ2v) is 9.58. The highest BCUT2D eigenvalue weighted by Gasteiger charge is 2.23. The van der Waals surface area contributed by atoms with Gasteiger partial charge in [-0.1, -0.05) is 31.2 Å². The zero-order valence-electron chi connectivity index (χ0n) is 21.3. The van der Waals surface area contributed by atoms with Gasteiger partial charge in [0.1, 0.15) is 11.4 Å². The number of carbonyl (C=O) groups excluding carboxylic acids is 2. The van der Waals surface area contributed by atoms with Gasteiger partial charge in [-0.15, -0.1) is 0 Å². The zero-order chi connectivity index (χ0) is 26.4. The third-order valence-corrected chi connectivity index (χ3v) is 7.31. The van der Waals surface area contributed by atoms with Gasteiger partial charge in [-0.05, 0) is 61.4 Å². The number of fused-ring (bicyclic) bond motifs is 2. The van der Waals surface area contributed by atoms with Crippen molar-refractivity contribution in [2.24, 2.45) is 0 Å². The first-order valence-electron chi connectivity index (χ1n) is 12.5. The minimum atomic E-state index is -0.190. The SMILES string of the molecule is Cc1c(C(C)c2[nH]c3c(NC(=O)c4ccc[nH]4)cccc3c2C)[nH]c2c(NC(=O)c3ccc[nH]3)cccc12. The number of nitrogens with one attached hydrogen (secondary N) is 6. The van der Waals surface area contributed by atoms with Crippen LogP contribution in [0.5, 0.6) is 0 Å². The van der Waals surface area contributed by atoms with Crippen LogP contribution in [0.25, 0.3) is 21.8 Å². The van der Waals surface area contributed by atoms with Crippen LogP contribution in [-0.2, 0) is 0 Å². The third-order valence-electron chi connectivity index (χ3n) is 7.31. The Labute approximate surface area is 218 Å². The number of aromatic nitrogens is 4. The van der Waals surface area contributed by atoms with Gasteiger partial charge in [0.25, 0.3) is 11.8 Å². The molecule has 0 spiro atoms. The molecular formula is C30H28N6O2. The molecule has 0 aliphatic rings. The van der Waals surface area contributed by atoms with Crippen molar-refractivity contribution in [3.63, 3.8) is 0 Å². The fraction of sp³-hybridized carbons (Fsp3) is 0.133. The first-order valence-corrected chi connectivity index (χ1v) is 12.5. The standard InChI is InChI=1S/C30H28N6O2/c1-16-19-8-4-10-21(33-29(37)23-12-6-14-31-23)27(19)35-25(16)18(3)26-17(2)20-9-5-11-22(28(20)36-26)34-30(38)24-13-7-15-32-24/h4-15,18,31-32,35-36H,1-3H3,(H,33,37)(H,34,38). The second kappa shape index (κ2) is 9.15. The van der Waals surface area contributed by atoms with Gasteiger partial charge in [-0.3, -0.25) is 9.59 Å². The Morgan fingerprint density at radius 2 is 1.11 bits per heavy atom. The number of aryl methyl sites for hydroxylation is 2. The van der Waals surface area contributed by atoms with E-state index in [0.29, 0.717) is 11.4 Å². The van der Waals surface area contributed by atoms with Gasteiger partial charge in [0, 0.05) is 40.5 Å². The van der Waals surface area contributed by atoms with E-state index < -0.39 is 0 Å². The van der Waals surface area contributed by atoms with Gasteiger partial charge in [0.05, 0.1) is 22.4 Å². The number of aromatic amines is 4. The lowest BCUT2D eigenvalue weighted by atomic mass is 9.96. The van der Waals surface area contributed by atoms with Crippen LogP contribution in [0.3, 0.4) is 0 Å². The maximum absolute atomic E-state index is 12.7. The molecule has 6 rings (SSSR count). The number of H-pyrrole nitrogens is 4. The van der Waals surface area contributed by atoms with Gasteiger partial charge in [0.15, 0.2) is 0 Å². The molecule has 6 aromatic rings. The highest BCUT2D eigenvalue weighted by Crippen LogP contribution is 2.38. The topological polar surface area (TPSA) is 121 Å². The predicted octanol–water partition coefficient (Wildman–Crippen LogP) is 6.58. The van der Waals surface area contributed by atoms with Crippen LogP contribution in [0, 0.1) is 13.8 Å². The first-order chi connectivity index (χ1) is 18.4. The fourth-order valence-electron chi connectivity index (χ4n) is 5.29. The van der Waals surface area contributed by atoms with E-state index in [1.807, 2.05) is 24.3 Å². The minimum Gasteiger partial charge on any atom is -0.357 e. The lowest BCUT2D eigenvalue weighted by Crippen LogP contribution is -2.12. The molecule has 0 unspecified atom stereocenters. The quantitative estimate of drug-likeness (QED) is 0.154. The van der Waals surface area contributed by atoms with Crippen molar-refractivity contribution in [1.29, 1.82) is 0 Å². The van der Waals surface area contributed by atoms with E-state index in [4.69, 9.17) is 0 Å². The molecule has 0 fully saturated rings. The van der Waals surface area contributed by atoms with Crippen LogP contribution >= 0.6 is 0 Å². The van der Waals surface area contributed by atoms with Gasteiger partial charge in [-0.2, -0.15) is 0 Å². The third kappa shape index (κ3) is 3.87. The molecule has 4 heterocycles. The summed E-state index contributed by atoms with van der Waals surface area (Å²) in [5, 5.41) is 8.17. The normalized spacial score (nSPS) is 11.5. The van der Waals surface area contributed by atoms with Crippen molar-refractivity contribution in [2.75, 3.05) is 10.6 Å². The number of carbonyl (C=O) groups is 2. The summed E-state index contributed by atoms with van der Waals surface area (Å²) in [4.78, 5) is 38.5. The van der Waals surface area contributed by atoms with Crippen LogP contribution in [0.1, 0.15) is 56.3 Å². The van der Waals surface area contributed by atoms with Gasteiger partial charge >= 0.3 is 0 Å². The van der Waals surface area contributed by atoms with Gasteiger partial charge < -0.3 is 30.6 Å². The number of hydrogen-bond donors (Lipinski definition) is 6. The number of benzene rings is 2. The largest absolute Gasteiger partial charge is 0.357 e. The van der Waals surface area contributed by atoms with Crippen molar-refractivity contribution in [2.45, 2.75) is 26.7 Å². The van der Waals surface area contributed by atoms with E-state index in [-0.39, 0.29) is 17.7 Å². The lowest BCUT2D eigenvalue weighted by molar-refractivity contribution is 0.101. The van der Waals surface area contributed by atoms with E-state index in [2.05, 4.69) is 63.5 Å². The monoisotopic (exact) mass is 504 g/mol. The summed E-state index contributed by atoms with van der Waals surface area (Å²) in [6, 6.07) is 18.9. The first kappa shape index (κ1) is 23.4. The van der Waals surface area contributed by atoms with Crippen molar-refractivity contribution in [3.05, 3.63) is 107 Å². The summed E-state index contributed by atoms with van der Waals surface area (Å²) in [6.45, 7) is 6.35. The summed E-state index contributed by atoms with van der Waals surface area (Å²) in [6.07, 6.45) is 3.46. The van der Waals surface area contributed by atoms with Crippen molar-refractivity contribution < 1.29 is 9.59 Å². The molecule has 190 valence electrons. The van der Waals surface area contributed by atoms with E-state index in [0.717, 1.165) is 55.7 Å². The molecule has 0 aliphatic heterocycles. The Bertz CT molecular complexity index is 1660. The van der Waals surface area contributed by atoms with E-state index in [1.165, 1.54) is 0 Å². The summed E-state index contributed by atoms with van der Waals surface area (Å²) >= 11 is 0. The predicted molar refractivity (Wildman–Crippen MR) is 151 cm³/mol. The highest BCUT2D eigenvalue weighted by atomic mass is 16.2. The molecule has 2 amide bonds. The van der Waals surface area contributed by atoms with Crippen LogP contribution in [-0.4, -0.2) is 31.8 Å². The summed E-state index contributed by atoms with van der Waals surface area (Å²) in [5.74, 6) is -0.372. The molecule has 38 heavy (non-hydrogen) atoms. The maximum Gasteiger partial charge on any atom is 0.272 e. The molecule has 6 N–H and O–H groups in total. The average Bonchev–Trinajstić information content (AvgIpc) is 3.72. The summed E-state index contributed by atoms with van der Waals surface area (Å²) < 4.78 is 0. The molecule has 0 aliphatic carbocycles. The molecular weight excluding hydrogens is 476 g/mol. The van der Waals surface area contributed by atoms with Crippen LogP contribution in [0.2, 0.25) is 0 Å². The Hall–Kier alpha value is -4.98. The smallest absolute Gasteiger partial charge is 0.272 e. The molecule has 0 bridgehead atoms. The second-order valence-electron chi connectivity index (χ2n) is 9.58. The number of amides is 2. The molecule has 8 nitrogen and oxygen atoms in total. The molecule has 0 radical (unpaired) electrons. The van der Waals surface area contributed by atoms with Crippen LogP contribution in [0.15, 0.2) is 73.1 Å². The number of anilines is 2. The number of hydrogen-bond acceptors (Lipinski definition) is 2. The van der Waals surface area contributed by atoms with Gasteiger partial charge in [0.2, 0.25) is 0 Å². The highest BCUT2D eigenvalue weighted by molar-refractivity contribution is 6.09. The van der Waals surface area contributed by atoms with Crippen molar-refractivity contribution in [1.82, 2.24) is 19.9 Å². The Kier molecular flexibility index (Phi) is 5.64. The van der Waals surface area contributed by atoms with E-state index in [9.17, 15) is 9.59 Å². The molecule has 2 aromatic carbocycles. The zero-order valence-corrected chi connectivity index (χ0v) is 21.3. The summed E-state index contributed by atoms with van der Waals surface area (Å²) in [7, 11) is 0. The molecule has 8 heteroatoms. The summed E-state index contributed by atoms with van der Waals surface area (Å²) in [5.41, 5.74) is 8.62. The Morgan fingerprint density at radius 1 is 0.658 bits per heavy atom. The molecule has 0 saturated heterocycles. The van der Waals surface area contributed by atoms with Crippen LogP contribution in [0.4, 0.5) is 11.4 Å². The molecule has 4 aromatic heterocycles. The maximum atomic E-state index is 12.7. The average molecular weight is 505 g/mol.